The zero-order valence-electron chi connectivity index (χ0n) is 6.18. The van der Waals surface area contributed by atoms with Crippen LogP contribution < -0.4 is 0 Å². The number of hydrogen-bond donors (Lipinski definition) is 0. The number of benzene rings is 1. The molecule has 1 aromatic carbocycles. The third kappa shape index (κ3) is 1.87. The van der Waals surface area contributed by atoms with Gasteiger partial charge >= 0.3 is 0 Å². The van der Waals surface area contributed by atoms with Gasteiger partial charge in [-0.25, -0.2) is 13.2 Å². The minimum absolute atomic E-state index is 0.115. The molecule has 0 N–H and O–H groups in total. The van der Waals surface area contributed by atoms with Gasteiger partial charge in [0, 0.05) is 0 Å². The molecule has 3 heteroatoms. The summed E-state index contributed by atoms with van der Waals surface area (Å²) in [5.74, 6) is -1.40. The number of hydrogen-bond acceptors (Lipinski definition) is 0. The van der Waals surface area contributed by atoms with Crippen LogP contribution in [0.15, 0.2) is 42.5 Å². The maximum absolute atomic E-state index is 12.8. The van der Waals surface area contributed by atoms with Crippen LogP contribution >= 0.6 is 0 Å². The van der Waals surface area contributed by atoms with Gasteiger partial charge in [-0.05, 0) is 5.56 Å². The summed E-state index contributed by atoms with van der Waals surface area (Å²) in [5.41, 5.74) is 0.115. The highest BCUT2D eigenvalue weighted by Gasteiger charge is 2.14. The lowest BCUT2D eigenvalue weighted by Gasteiger charge is -2.03. The molecule has 0 nitrogen and oxygen atoms in total. The molecule has 1 rings (SSSR count). The van der Waals surface area contributed by atoms with E-state index in [4.69, 9.17) is 0 Å². The average molecular weight is 172 g/mol. The molecule has 12 heavy (non-hydrogen) atoms. The van der Waals surface area contributed by atoms with E-state index in [9.17, 15) is 13.2 Å². The zero-order valence-corrected chi connectivity index (χ0v) is 6.18. The summed E-state index contributed by atoms with van der Waals surface area (Å²) in [6, 6.07) is 7.59. The van der Waals surface area contributed by atoms with Gasteiger partial charge in [0.1, 0.15) is 6.33 Å². The van der Waals surface area contributed by atoms with Gasteiger partial charge in [0.25, 0.3) is 0 Å². The van der Waals surface area contributed by atoms with Gasteiger partial charge in [0.05, 0.1) is 0 Å². The second-order valence-corrected chi connectivity index (χ2v) is 2.27. The molecule has 0 aliphatic rings. The molecule has 0 amide bonds. The molecule has 0 spiro atoms. The van der Waals surface area contributed by atoms with Crippen molar-refractivity contribution < 1.29 is 13.2 Å². The molecule has 64 valence electrons. The van der Waals surface area contributed by atoms with Crippen LogP contribution in [-0.2, 0) is 0 Å². The third-order valence-electron chi connectivity index (χ3n) is 1.44. The van der Waals surface area contributed by atoms with Crippen LogP contribution in [-0.4, -0.2) is 0 Å². The van der Waals surface area contributed by atoms with Crippen molar-refractivity contribution in [3.05, 3.63) is 48.1 Å². The van der Waals surface area contributed by atoms with Crippen molar-refractivity contribution in [1.82, 2.24) is 0 Å². The van der Waals surface area contributed by atoms with Crippen molar-refractivity contribution >= 4 is 0 Å². The van der Waals surface area contributed by atoms with Crippen molar-refractivity contribution in [2.45, 2.75) is 6.17 Å². The van der Waals surface area contributed by atoms with Crippen molar-refractivity contribution in [3.63, 3.8) is 0 Å². The first-order valence-electron chi connectivity index (χ1n) is 3.40. The lowest BCUT2D eigenvalue weighted by molar-refractivity contribution is 0.326. The number of alkyl halides is 1. The fourth-order valence-electron chi connectivity index (χ4n) is 0.837. The molecule has 0 aliphatic carbocycles. The van der Waals surface area contributed by atoms with Crippen LogP contribution in [0.2, 0.25) is 0 Å². The Morgan fingerprint density at radius 2 is 1.83 bits per heavy atom. The Morgan fingerprint density at radius 1 is 1.25 bits per heavy atom. The van der Waals surface area contributed by atoms with Crippen LogP contribution in [0.5, 0.6) is 0 Å². The van der Waals surface area contributed by atoms with Crippen molar-refractivity contribution in [3.8, 4) is 0 Å². The van der Waals surface area contributed by atoms with E-state index in [2.05, 4.69) is 0 Å². The maximum Gasteiger partial charge on any atom is 0.179 e. The van der Waals surface area contributed by atoms with E-state index in [-0.39, 0.29) is 11.9 Å². The van der Waals surface area contributed by atoms with Gasteiger partial charge in [0.15, 0.2) is 12.0 Å². The van der Waals surface area contributed by atoms with Crippen molar-refractivity contribution in [2.24, 2.45) is 0 Å². The van der Waals surface area contributed by atoms with Gasteiger partial charge in [0.2, 0.25) is 0 Å². The highest BCUT2D eigenvalue weighted by molar-refractivity contribution is 5.22. The smallest absolute Gasteiger partial charge is 0.179 e. The minimum atomic E-state index is -1.99. The van der Waals surface area contributed by atoms with Crippen LogP contribution in [0.4, 0.5) is 13.2 Å². The van der Waals surface area contributed by atoms with Crippen molar-refractivity contribution in [1.29, 1.82) is 0 Å². The van der Waals surface area contributed by atoms with E-state index < -0.39 is 12.0 Å². The second-order valence-electron chi connectivity index (χ2n) is 2.27. The van der Waals surface area contributed by atoms with E-state index >= 15 is 0 Å². The Kier molecular flexibility index (Phi) is 2.91. The Bertz CT molecular complexity index is 266. The average Bonchev–Trinajstić information content (AvgIpc) is 2.17. The lowest BCUT2D eigenvalue weighted by Crippen LogP contribution is -1.90. The summed E-state index contributed by atoms with van der Waals surface area (Å²) in [4.78, 5) is 0. The van der Waals surface area contributed by atoms with Gasteiger partial charge in [-0.2, -0.15) is 0 Å². The van der Waals surface area contributed by atoms with E-state index in [0.717, 1.165) is 0 Å². The number of halogens is 3. The van der Waals surface area contributed by atoms with E-state index in [1.54, 1.807) is 18.2 Å². The molecule has 0 aliphatic heterocycles. The van der Waals surface area contributed by atoms with E-state index in [0.29, 0.717) is 0 Å². The fourth-order valence-corrected chi connectivity index (χ4v) is 0.837. The predicted molar refractivity (Wildman–Crippen MR) is 40.6 cm³/mol. The standard InChI is InChI=1S/C9H7F3/c10-6-8(11)9(12)7-4-2-1-3-5-7/h1-6,9H. The molecule has 0 bridgehead atoms. The lowest BCUT2D eigenvalue weighted by atomic mass is 10.1. The Balaban J connectivity index is 2.86. The Morgan fingerprint density at radius 3 is 2.33 bits per heavy atom. The number of allylic oxidation sites excluding steroid dienone is 1. The molecule has 1 unspecified atom stereocenters. The molecular formula is C9H7F3. The molecule has 0 heterocycles. The van der Waals surface area contributed by atoms with E-state index in [1.807, 2.05) is 0 Å². The highest BCUT2D eigenvalue weighted by Crippen LogP contribution is 2.26. The maximum atomic E-state index is 12.8. The Hall–Kier alpha value is -1.25. The fraction of sp³-hybridized carbons (Fsp3) is 0.111. The largest absolute Gasteiger partial charge is 0.234 e. The molecule has 0 fully saturated rings. The first-order valence-corrected chi connectivity index (χ1v) is 3.40. The number of rotatable bonds is 2. The van der Waals surface area contributed by atoms with E-state index in [1.165, 1.54) is 12.1 Å². The van der Waals surface area contributed by atoms with Gasteiger partial charge in [-0.1, -0.05) is 30.3 Å². The molecule has 0 saturated carbocycles. The molecule has 1 atom stereocenters. The summed E-state index contributed by atoms with van der Waals surface area (Å²) in [5, 5.41) is 0. The summed E-state index contributed by atoms with van der Waals surface area (Å²) in [6.07, 6.45) is -2.35. The van der Waals surface area contributed by atoms with Crippen LogP contribution in [0.25, 0.3) is 0 Å². The van der Waals surface area contributed by atoms with Crippen molar-refractivity contribution in [2.75, 3.05) is 0 Å². The molecule has 1 aromatic rings. The summed E-state index contributed by atoms with van der Waals surface area (Å²) in [7, 11) is 0. The summed E-state index contributed by atoms with van der Waals surface area (Å²) >= 11 is 0. The molecule has 0 aromatic heterocycles. The predicted octanol–water partition coefficient (Wildman–Crippen LogP) is 3.48. The van der Waals surface area contributed by atoms with Crippen LogP contribution in [0, 0.1) is 0 Å². The van der Waals surface area contributed by atoms with Crippen LogP contribution in [0.1, 0.15) is 11.7 Å². The second kappa shape index (κ2) is 3.95. The van der Waals surface area contributed by atoms with Crippen LogP contribution in [0.3, 0.4) is 0 Å². The quantitative estimate of drug-likeness (QED) is 0.640. The minimum Gasteiger partial charge on any atom is -0.234 e. The topological polar surface area (TPSA) is 0 Å². The normalized spacial score (nSPS) is 14.4. The summed E-state index contributed by atoms with van der Waals surface area (Å²) in [6.45, 7) is 0. The molecule has 0 saturated heterocycles. The summed E-state index contributed by atoms with van der Waals surface area (Å²) < 4.78 is 36.7. The van der Waals surface area contributed by atoms with Gasteiger partial charge in [-0.3, -0.25) is 0 Å². The molecule has 0 radical (unpaired) electrons. The molecular weight excluding hydrogens is 165 g/mol. The first kappa shape index (κ1) is 8.84. The van der Waals surface area contributed by atoms with Gasteiger partial charge < -0.3 is 0 Å². The Labute approximate surface area is 68.3 Å². The third-order valence-corrected chi connectivity index (χ3v) is 1.44. The van der Waals surface area contributed by atoms with Gasteiger partial charge in [-0.15, -0.1) is 0 Å². The highest BCUT2D eigenvalue weighted by atomic mass is 19.2. The zero-order chi connectivity index (χ0) is 8.97. The monoisotopic (exact) mass is 172 g/mol. The first-order chi connectivity index (χ1) is 5.75. The SMILES string of the molecule is FC=C(F)C(F)c1ccccc1.